The molecule has 4 rings (SSSR count). The Hall–Kier alpha value is -2.46. The van der Waals surface area contributed by atoms with E-state index in [0.717, 1.165) is 33.0 Å². The number of hydrogen-bond donors (Lipinski definition) is 0. The number of hydrogen-bond acceptors (Lipinski definition) is 4. The van der Waals surface area contributed by atoms with Crippen molar-refractivity contribution in [2.45, 2.75) is 17.7 Å². The van der Waals surface area contributed by atoms with Crippen LogP contribution in [0.5, 0.6) is 0 Å². The predicted octanol–water partition coefficient (Wildman–Crippen LogP) is 4.78. The van der Waals surface area contributed by atoms with Gasteiger partial charge in [-0.25, -0.2) is 9.97 Å². The summed E-state index contributed by atoms with van der Waals surface area (Å²) in [6.07, 6.45) is 1.85. The predicted molar refractivity (Wildman–Crippen MR) is 95.6 cm³/mol. The van der Waals surface area contributed by atoms with Crippen molar-refractivity contribution in [2.75, 3.05) is 0 Å². The fourth-order valence-electron chi connectivity index (χ4n) is 2.70. The van der Waals surface area contributed by atoms with E-state index < -0.39 is 0 Å². The van der Waals surface area contributed by atoms with Crippen molar-refractivity contribution in [3.05, 3.63) is 72.2 Å². The Morgan fingerprint density at radius 3 is 2.74 bits per heavy atom. The summed E-state index contributed by atoms with van der Waals surface area (Å²) in [6, 6.07) is 18.6. The minimum absolute atomic E-state index is 0.808. The fourth-order valence-corrected chi connectivity index (χ4v) is 3.75. The lowest BCUT2D eigenvalue weighted by atomic mass is 10.1. The average Bonchev–Trinajstić information content (AvgIpc) is 2.59. The van der Waals surface area contributed by atoms with Crippen LogP contribution in [0.4, 0.5) is 0 Å². The molecule has 0 N–H and O–H groups in total. The van der Waals surface area contributed by atoms with Gasteiger partial charge in [-0.05, 0) is 24.6 Å². The maximum Gasteiger partial charge on any atom is 0.127 e. The maximum atomic E-state index is 4.63. The molecule has 112 valence electrons. The average molecular weight is 317 g/mol. The van der Waals surface area contributed by atoms with Gasteiger partial charge in [-0.3, -0.25) is 4.98 Å². The zero-order chi connectivity index (χ0) is 15.6. The molecule has 0 aliphatic carbocycles. The van der Waals surface area contributed by atoms with E-state index in [9.17, 15) is 0 Å². The van der Waals surface area contributed by atoms with Gasteiger partial charge in [0.1, 0.15) is 10.9 Å². The summed E-state index contributed by atoms with van der Waals surface area (Å²) in [4.78, 5) is 13.7. The van der Waals surface area contributed by atoms with Crippen LogP contribution in [0.1, 0.15) is 11.4 Å². The van der Waals surface area contributed by atoms with E-state index in [4.69, 9.17) is 0 Å². The van der Waals surface area contributed by atoms with Gasteiger partial charge in [0, 0.05) is 22.7 Å². The number of aromatic nitrogens is 3. The van der Waals surface area contributed by atoms with Crippen molar-refractivity contribution in [3.63, 3.8) is 0 Å². The zero-order valence-electron chi connectivity index (χ0n) is 12.7. The SMILES string of the molecule is Cc1nc(SCc2cccc3cccnc23)c2ccccc2n1. The molecule has 3 nitrogen and oxygen atoms in total. The van der Waals surface area contributed by atoms with Gasteiger partial charge < -0.3 is 0 Å². The van der Waals surface area contributed by atoms with E-state index in [2.05, 4.69) is 45.3 Å². The molecule has 0 radical (unpaired) electrons. The molecule has 0 saturated heterocycles. The Bertz CT molecular complexity index is 993. The normalized spacial score (nSPS) is 11.2. The van der Waals surface area contributed by atoms with Crippen LogP contribution in [-0.2, 0) is 5.75 Å². The smallest absolute Gasteiger partial charge is 0.127 e. The quantitative estimate of drug-likeness (QED) is 0.403. The summed E-state index contributed by atoms with van der Waals surface area (Å²) >= 11 is 1.74. The van der Waals surface area contributed by atoms with E-state index >= 15 is 0 Å². The van der Waals surface area contributed by atoms with E-state index in [1.54, 1.807) is 11.8 Å². The Morgan fingerprint density at radius 2 is 1.78 bits per heavy atom. The second-order valence-electron chi connectivity index (χ2n) is 5.37. The summed E-state index contributed by atoms with van der Waals surface area (Å²) in [6.45, 7) is 1.94. The van der Waals surface area contributed by atoms with Gasteiger partial charge in [-0.1, -0.05) is 42.5 Å². The van der Waals surface area contributed by atoms with E-state index in [1.165, 1.54) is 10.9 Å². The summed E-state index contributed by atoms with van der Waals surface area (Å²) in [7, 11) is 0. The van der Waals surface area contributed by atoms with Crippen molar-refractivity contribution in [1.82, 2.24) is 15.0 Å². The number of rotatable bonds is 3. The van der Waals surface area contributed by atoms with Gasteiger partial charge >= 0.3 is 0 Å². The number of para-hydroxylation sites is 2. The number of aryl methyl sites for hydroxylation is 1. The highest BCUT2D eigenvalue weighted by atomic mass is 32.2. The lowest BCUT2D eigenvalue weighted by Gasteiger charge is -2.08. The first-order chi connectivity index (χ1) is 11.3. The van der Waals surface area contributed by atoms with Crippen molar-refractivity contribution >= 4 is 33.6 Å². The topological polar surface area (TPSA) is 38.7 Å². The molecule has 0 unspecified atom stereocenters. The van der Waals surface area contributed by atoms with Gasteiger partial charge in [-0.15, -0.1) is 11.8 Å². The van der Waals surface area contributed by atoms with Crippen LogP contribution in [0.15, 0.2) is 65.8 Å². The monoisotopic (exact) mass is 317 g/mol. The number of nitrogens with zero attached hydrogens (tertiary/aromatic N) is 3. The van der Waals surface area contributed by atoms with Gasteiger partial charge in [0.15, 0.2) is 0 Å². The maximum absolute atomic E-state index is 4.63. The van der Waals surface area contributed by atoms with Crippen LogP contribution in [0.2, 0.25) is 0 Å². The molecule has 0 aliphatic heterocycles. The number of fused-ring (bicyclic) bond motifs is 2. The molecule has 0 saturated carbocycles. The fraction of sp³-hybridized carbons (Fsp3) is 0.105. The number of pyridine rings is 1. The molecule has 0 bridgehead atoms. The third-order valence-corrected chi connectivity index (χ3v) is 4.80. The Morgan fingerprint density at radius 1 is 0.913 bits per heavy atom. The molecule has 2 aromatic heterocycles. The molecular formula is C19H15N3S. The summed E-state index contributed by atoms with van der Waals surface area (Å²) in [5.74, 6) is 1.65. The molecular weight excluding hydrogens is 302 g/mol. The Balaban J connectivity index is 1.71. The third kappa shape index (κ3) is 2.78. The van der Waals surface area contributed by atoms with E-state index in [0.29, 0.717) is 0 Å². The van der Waals surface area contributed by atoms with Crippen molar-refractivity contribution in [1.29, 1.82) is 0 Å². The summed E-state index contributed by atoms with van der Waals surface area (Å²) in [5.41, 5.74) is 3.30. The van der Waals surface area contributed by atoms with Gasteiger partial charge in [0.2, 0.25) is 0 Å². The van der Waals surface area contributed by atoms with Crippen LogP contribution in [0.3, 0.4) is 0 Å². The molecule has 23 heavy (non-hydrogen) atoms. The molecule has 0 atom stereocenters. The lowest BCUT2D eigenvalue weighted by Crippen LogP contribution is -1.93. The highest BCUT2D eigenvalue weighted by Gasteiger charge is 2.08. The Kier molecular flexibility index (Phi) is 3.67. The number of benzene rings is 2. The largest absolute Gasteiger partial charge is 0.256 e. The molecule has 2 heterocycles. The highest BCUT2D eigenvalue weighted by molar-refractivity contribution is 7.98. The standard InChI is InChI=1S/C19H15N3S/c1-13-21-17-10-3-2-9-16(17)19(22-13)23-12-15-7-4-6-14-8-5-11-20-18(14)15/h2-11H,12H2,1H3. The molecule has 0 fully saturated rings. The summed E-state index contributed by atoms with van der Waals surface area (Å²) < 4.78 is 0. The van der Waals surface area contributed by atoms with Crippen LogP contribution in [0.25, 0.3) is 21.8 Å². The first-order valence-corrected chi connectivity index (χ1v) is 8.48. The summed E-state index contributed by atoms with van der Waals surface area (Å²) in [5, 5.41) is 3.31. The van der Waals surface area contributed by atoms with Crippen LogP contribution < -0.4 is 0 Å². The van der Waals surface area contributed by atoms with Crippen molar-refractivity contribution < 1.29 is 0 Å². The van der Waals surface area contributed by atoms with Gasteiger partial charge in [-0.2, -0.15) is 0 Å². The van der Waals surface area contributed by atoms with Gasteiger partial charge in [0.05, 0.1) is 11.0 Å². The van der Waals surface area contributed by atoms with Gasteiger partial charge in [0.25, 0.3) is 0 Å². The molecule has 0 amide bonds. The van der Waals surface area contributed by atoms with Crippen LogP contribution >= 0.6 is 11.8 Å². The van der Waals surface area contributed by atoms with Crippen LogP contribution in [-0.4, -0.2) is 15.0 Å². The molecule has 0 aliphatic rings. The molecule has 0 spiro atoms. The third-order valence-electron chi connectivity index (χ3n) is 3.76. The van der Waals surface area contributed by atoms with Crippen molar-refractivity contribution in [2.24, 2.45) is 0 Å². The first kappa shape index (κ1) is 14.2. The molecule has 4 heteroatoms. The zero-order valence-corrected chi connectivity index (χ0v) is 13.5. The van der Waals surface area contributed by atoms with E-state index in [-0.39, 0.29) is 0 Å². The second kappa shape index (κ2) is 5.97. The number of thioether (sulfide) groups is 1. The highest BCUT2D eigenvalue weighted by Crippen LogP contribution is 2.29. The molecule has 4 aromatic rings. The van der Waals surface area contributed by atoms with Crippen LogP contribution in [0, 0.1) is 6.92 Å². The van der Waals surface area contributed by atoms with E-state index in [1.807, 2.05) is 37.4 Å². The Labute approximate surface area is 138 Å². The first-order valence-electron chi connectivity index (χ1n) is 7.50. The van der Waals surface area contributed by atoms with Crippen molar-refractivity contribution in [3.8, 4) is 0 Å². The lowest BCUT2D eigenvalue weighted by molar-refractivity contribution is 1.01. The molecule has 2 aromatic carbocycles. The minimum atomic E-state index is 0.808. The second-order valence-corrected chi connectivity index (χ2v) is 6.34. The minimum Gasteiger partial charge on any atom is -0.256 e.